The number of hydrogen-bond acceptors (Lipinski definition) is 2. The molecule has 1 aliphatic heterocycles. The molecule has 2 rings (SSSR count). The molecule has 0 radical (unpaired) electrons. The topological polar surface area (TPSA) is 32.3 Å². The zero-order valence-corrected chi connectivity index (χ0v) is 13.6. The highest BCUT2D eigenvalue weighted by atomic mass is 16.2. The van der Waals surface area contributed by atoms with Crippen molar-refractivity contribution in [3.8, 4) is 0 Å². The van der Waals surface area contributed by atoms with Gasteiger partial charge >= 0.3 is 0 Å². The maximum absolute atomic E-state index is 13.0. The van der Waals surface area contributed by atoms with Gasteiger partial charge in [-0.15, -0.1) is 0 Å². The molecule has 2 fully saturated rings. The molecule has 1 saturated carbocycles. The molecule has 1 atom stereocenters. The summed E-state index contributed by atoms with van der Waals surface area (Å²) < 4.78 is 0. The van der Waals surface area contributed by atoms with Gasteiger partial charge in [0.2, 0.25) is 5.91 Å². The van der Waals surface area contributed by atoms with Gasteiger partial charge in [0.25, 0.3) is 0 Å². The van der Waals surface area contributed by atoms with E-state index < -0.39 is 0 Å². The van der Waals surface area contributed by atoms with Crippen molar-refractivity contribution in [1.29, 1.82) is 0 Å². The number of nitrogens with zero attached hydrogens (tertiary/aromatic N) is 1. The number of carbonyl (C=O) groups excluding carboxylic acids is 1. The second-order valence-electron chi connectivity index (χ2n) is 7.42. The predicted molar refractivity (Wildman–Crippen MR) is 83.6 cm³/mol. The lowest BCUT2D eigenvalue weighted by atomic mass is 9.77. The molecular weight excluding hydrogens is 248 g/mol. The highest BCUT2D eigenvalue weighted by molar-refractivity contribution is 5.82. The van der Waals surface area contributed by atoms with Crippen molar-refractivity contribution < 1.29 is 4.79 Å². The molecular formula is C17H32N2O. The average molecular weight is 280 g/mol. The van der Waals surface area contributed by atoms with Crippen molar-refractivity contribution in [2.45, 2.75) is 71.3 Å². The molecule has 2 aliphatic rings. The highest BCUT2D eigenvalue weighted by Crippen LogP contribution is 2.44. The van der Waals surface area contributed by atoms with Gasteiger partial charge in [-0.05, 0) is 44.6 Å². The van der Waals surface area contributed by atoms with Crippen LogP contribution in [0, 0.1) is 11.3 Å². The van der Waals surface area contributed by atoms with Crippen LogP contribution < -0.4 is 5.32 Å². The van der Waals surface area contributed by atoms with Crippen LogP contribution in [-0.2, 0) is 4.79 Å². The molecule has 1 saturated heterocycles. The zero-order valence-electron chi connectivity index (χ0n) is 13.6. The number of nitrogens with one attached hydrogen (secondary N) is 1. The van der Waals surface area contributed by atoms with Crippen molar-refractivity contribution in [3.05, 3.63) is 0 Å². The lowest BCUT2D eigenvalue weighted by molar-refractivity contribution is -0.142. The number of rotatable bonds is 5. The Morgan fingerprint density at radius 2 is 1.95 bits per heavy atom. The maximum atomic E-state index is 13.0. The summed E-state index contributed by atoms with van der Waals surface area (Å²) in [5.41, 5.74) is -0.0441. The monoisotopic (exact) mass is 280 g/mol. The second kappa shape index (κ2) is 6.93. The van der Waals surface area contributed by atoms with E-state index >= 15 is 0 Å². The fourth-order valence-electron chi connectivity index (χ4n) is 4.24. The van der Waals surface area contributed by atoms with Crippen LogP contribution in [0.3, 0.4) is 0 Å². The Kier molecular flexibility index (Phi) is 5.48. The summed E-state index contributed by atoms with van der Waals surface area (Å²) in [5.74, 6) is 1.02. The van der Waals surface area contributed by atoms with Gasteiger partial charge in [-0.3, -0.25) is 4.79 Å². The predicted octanol–water partition coefficient (Wildman–Crippen LogP) is 3.19. The molecule has 20 heavy (non-hydrogen) atoms. The van der Waals surface area contributed by atoms with Crippen molar-refractivity contribution >= 4 is 5.91 Å². The number of likely N-dealkylation sites (N-methyl/N-ethyl adjacent to an activating group) is 1. The summed E-state index contributed by atoms with van der Waals surface area (Å²) in [6.45, 7) is 6.49. The Hall–Kier alpha value is -0.570. The third-order valence-electron chi connectivity index (χ3n) is 5.07. The minimum atomic E-state index is -0.0441. The summed E-state index contributed by atoms with van der Waals surface area (Å²) in [5, 5.41) is 3.55. The zero-order chi connectivity index (χ0) is 14.6. The molecule has 0 bridgehead atoms. The van der Waals surface area contributed by atoms with Crippen LogP contribution >= 0.6 is 0 Å². The number of amides is 1. The van der Waals surface area contributed by atoms with Crippen molar-refractivity contribution in [2.24, 2.45) is 11.3 Å². The van der Waals surface area contributed by atoms with E-state index in [2.05, 4.69) is 19.2 Å². The first-order valence-corrected chi connectivity index (χ1v) is 8.52. The molecule has 0 aromatic rings. The first-order chi connectivity index (χ1) is 9.53. The van der Waals surface area contributed by atoms with Gasteiger partial charge in [-0.2, -0.15) is 0 Å². The summed E-state index contributed by atoms with van der Waals surface area (Å²) >= 11 is 0. The normalized spacial score (nSPS) is 25.9. The summed E-state index contributed by atoms with van der Waals surface area (Å²) in [4.78, 5) is 15.0. The number of piperidine rings is 1. The highest BCUT2D eigenvalue weighted by Gasteiger charge is 2.43. The Morgan fingerprint density at radius 1 is 1.25 bits per heavy atom. The van der Waals surface area contributed by atoms with Crippen LogP contribution in [0.5, 0.6) is 0 Å². The fourth-order valence-corrected chi connectivity index (χ4v) is 4.24. The Balaban J connectivity index is 1.95. The van der Waals surface area contributed by atoms with Gasteiger partial charge in [0.15, 0.2) is 0 Å². The van der Waals surface area contributed by atoms with Crippen LogP contribution in [0.25, 0.3) is 0 Å². The van der Waals surface area contributed by atoms with Crippen LogP contribution in [0.15, 0.2) is 0 Å². The lowest BCUT2D eigenvalue weighted by Gasteiger charge is -2.36. The molecule has 1 N–H and O–H groups in total. The standard InChI is InChI=1S/C17H32N2O/c1-14(2)12-17(9-5-6-10-17)16(20)19(3)13-15-8-4-7-11-18-15/h14-15,18H,4-13H2,1-3H3. The van der Waals surface area contributed by atoms with Crippen molar-refractivity contribution in [3.63, 3.8) is 0 Å². The van der Waals surface area contributed by atoms with Gasteiger partial charge in [0.1, 0.15) is 0 Å². The Morgan fingerprint density at radius 3 is 2.50 bits per heavy atom. The van der Waals surface area contributed by atoms with Gasteiger partial charge in [0.05, 0.1) is 0 Å². The van der Waals surface area contributed by atoms with E-state index in [1.807, 2.05) is 11.9 Å². The average Bonchev–Trinajstić information content (AvgIpc) is 2.87. The van der Waals surface area contributed by atoms with E-state index in [1.165, 1.54) is 32.1 Å². The molecule has 1 amide bonds. The number of hydrogen-bond donors (Lipinski definition) is 1. The molecule has 0 aromatic carbocycles. The van der Waals surface area contributed by atoms with Crippen LogP contribution in [-0.4, -0.2) is 37.0 Å². The number of carbonyl (C=O) groups is 1. The third kappa shape index (κ3) is 3.75. The molecule has 0 aromatic heterocycles. The first kappa shape index (κ1) is 15.8. The van der Waals surface area contributed by atoms with Gasteiger partial charge < -0.3 is 10.2 Å². The maximum Gasteiger partial charge on any atom is 0.228 e. The van der Waals surface area contributed by atoms with E-state index in [0.717, 1.165) is 32.4 Å². The van der Waals surface area contributed by atoms with Gasteiger partial charge in [-0.25, -0.2) is 0 Å². The Bertz CT molecular complexity index is 315. The first-order valence-electron chi connectivity index (χ1n) is 8.52. The molecule has 3 heteroatoms. The van der Waals surface area contributed by atoms with E-state index in [0.29, 0.717) is 17.9 Å². The molecule has 1 aliphatic carbocycles. The van der Waals surface area contributed by atoms with Crippen LogP contribution in [0.1, 0.15) is 65.2 Å². The summed E-state index contributed by atoms with van der Waals surface area (Å²) in [6.07, 6.45) is 9.53. The largest absolute Gasteiger partial charge is 0.344 e. The van der Waals surface area contributed by atoms with Gasteiger partial charge in [0, 0.05) is 25.0 Å². The second-order valence-corrected chi connectivity index (χ2v) is 7.42. The van der Waals surface area contributed by atoms with Gasteiger partial charge in [-0.1, -0.05) is 33.1 Å². The summed E-state index contributed by atoms with van der Waals surface area (Å²) in [7, 11) is 2.01. The van der Waals surface area contributed by atoms with E-state index in [9.17, 15) is 4.79 Å². The van der Waals surface area contributed by atoms with E-state index in [1.54, 1.807) is 0 Å². The summed E-state index contributed by atoms with van der Waals surface area (Å²) in [6, 6.07) is 0.509. The molecule has 0 spiro atoms. The molecule has 1 heterocycles. The SMILES string of the molecule is CC(C)CC1(C(=O)N(C)CC2CCCCN2)CCCC1. The molecule has 3 nitrogen and oxygen atoms in total. The Labute approximate surface area is 124 Å². The fraction of sp³-hybridized carbons (Fsp3) is 0.941. The van der Waals surface area contributed by atoms with Crippen molar-refractivity contribution in [1.82, 2.24) is 10.2 Å². The quantitative estimate of drug-likeness (QED) is 0.839. The minimum absolute atomic E-state index is 0.0441. The van der Waals surface area contributed by atoms with Crippen LogP contribution in [0.4, 0.5) is 0 Å². The van der Waals surface area contributed by atoms with Crippen LogP contribution in [0.2, 0.25) is 0 Å². The van der Waals surface area contributed by atoms with Crippen molar-refractivity contribution in [2.75, 3.05) is 20.1 Å². The smallest absolute Gasteiger partial charge is 0.228 e. The lowest BCUT2D eigenvalue weighted by Crippen LogP contribution is -2.48. The van der Waals surface area contributed by atoms with E-state index in [4.69, 9.17) is 0 Å². The minimum Gasteiger partial charge on any atom is -0.344 e. The molecule has 116 valence electrons. The van der Waals surface area contributed by atoms with E-state index in [-0.39, 0.29) is 5.41 Å². The molecule has 1 unspecified atom stereocenters. The third-order valence-corrected chi connectivity index (χ3v) is 5.07.